The van der Waals surface area contributed by atoms with E-state index in [0.29, 0.717) is 19.6 Å². The van der Waals surface area contributed by atoms with Gasteiger partial charge in [0.2, 0.25) is 5.91 Å². The summed E-state index contributed by atoms with van der Waals surface area (Å²) in [6, 6.07) is 9.52. The Morgan fingerprint density at radius 1 is 1.37 bits per heavy atom. The lowest BCUT2D eigenvalue weighted by molar-refractivity contribution is -0.122. The molecule has 0 heterocycles. The van der Waals surface area contributed by atoms with Gasteiger partial charge in [-0.05, 0) is 18.6 Å². The fourth-order valence-corrected chi connectivity index (χ4v) is 2.16. The molecule has 1 unspecified atom stereocenters. The van der Waals surface area contributed by atoms with Crippen molar-refractivity contribution in [1.82, 2.24) is 5.32 Å². The first-order valence-corrected chi connectivity index (χ1v) is 7.40. The summed E-state index contributed by atoms with van der Waals surface area (Å²) >= 11 is 3.36. The molecule has 19 heavy (non-hydrogen) atoms. The largest absolute Gasteiger partial charge is 0.493 e. The van der Waals surface area contributed by atoms with E-state index in [0.717, 1.165) is 17.5 Å². The second-order valence-corrected chi connectivity index (χ2v) is 4.90. The van der Waals surface area contributed by atoms with Crippen LogP contribution in [0.3, 0.4) is 0 Å². The van der Waals surface area contributed by atoms with E-state index in [1.165, 1.54) is 0 Å². The van der Waals surface area contributed by atoms with Gasteiger partial charge >= 0.3 is 0 Å². The van der Waals surface area contributed by atoms with Gasteiger partial charge in [0, 0.05) is 12.4 Å². The highest BCUT2D eigenvalue weighted by Crippen LogP contribution is 2.08. The zero-order valence-corrected chi connectivity index (χ0v) is 12.7. The molecule has 4 nitrogen and oxygen atoms in total. The van der Waals surface area contributed by atoms with Crippen molar-refractivity contribution >= 4 is 21.8 Å². The monoisotopic (exact) mass is 329 g/mol. The number of para-hydroxylation sites is 1. The molecule has 0 spiro atoms. The van der Waals surface area contributed by atoms with Gasteiger partial charge in [-0.1, -0.05) is 34.1 Å². The molecule has 0 saturated carbocycles. The lowest BCUT2D eigenvalue weighted by Gasteiger charge is -2.16. The second-order valence-electron chi connectivity index (χ2n) is 4.11. The quantitative estimate of drug-likeness (QED) is 0.707. The van der Waals surface area contributed by atoms with E-state index in [-0.39, 0.29) is 11.9 Å². The van der Waals surface area contributed by atoms with Gasteiger partial charge in [0.1, 0.15) is 5.75 Å². The number of benzene rings is 1. The maximum atomic E-state index is 11.7. The van der Waals surface area contributed by atoms with Crippen LogP contribution in [0.5, 0.6) is 5.75 Å². The first-order chi connectivity index (χ1) is 9.26. The van der Waals surface area contributed by atoms with Crippen LogP contribution in [0.4, 0.5) is 0 Å². The molecule has 0 aliphatic carbocycles. The van der Waals surface area contributed by atoms with Gasteiger partial charge in [0.25, 0.3) is 0 Å². The van der Waals surface area contributed by atoms with Crippen molar-refractivity contribution in [3.63, 3.8) is 0 Å². The highest BCUT2D eigenvalue weighted by atomic mass is 79.9. The number of carbonyl (C=O) groups is 1. The third-order valence-corrected chi connectivity index (χ3v) is 2.99. The molecular formula is C14H20BrNO3. The Morgan fingerprint density at radius 3 is 2.74 bits per heavy atom. The maximum Gasteiger partial charge on any atom is 0.223 e. The molecule has 0 saturated heterocycles. The molecule has 106 valence electrons. The van der Waals surface area contributed by atoms with Crippen molar-refractivity contribution in [3.05, 3.63) is 30.3 Å². The molecule has 1 atom stereocenters. The molecule has 1 aromatic rings. The average molecular weight is 330 g/mol. The highest BCUT2D eigenvalue weighted by Gasteiger charge is 2.11. The number of nitrogens with one attached hydrogen (secondary N) is 1. The van der Waals surface area contributed by atoms with E-state index in [9.17, 15) is 4.79 Å². The Hall–Kier alpha value is -1.07. The molecule has 0 bridgehead atoms. The Morgan fingerprint density at radius 2 is 2.11 bits per heavy atom. The summed E-state index contributed by atoms with van der Waals surface area (Å²) in [5.41, 5.74) is 0. The number of halogens is 1. The van der Waals surface area contributed by atoms with Gasteiger partial charge in [-0.2, -0.15) is 0 Å². The molecule has 1 aromatic carbocycles. The molecule has 0 radical (unpaired) electrons. The van der Waals surface area contributed by atoms with Crippen LogP contribution < -0.4 is 10.1 Å². The van der Waals surface area contributed by atoms with Gasteiger partial charge in [-0.15, -0.1) is 0 Å². The fraction of sp³-hybridized carbons (Fsp3) is 0.500. The minimum Gasteiger partial charge on any atom is -0.493 e. The van der Waals surface area contributed by atoms with E-state index < -0.39 is 0 Å². The molecule has 5 heteroatoms. The zero-order valence-electron chi connectivity index (χ0n) is 11.1. The van der Waals surface area contributed by atoms with Crippen molar-refractivity contribution < 1.29 is 14.3 Å². The number of hydrogen-bond acceptors (Lipinski definition) is 3. The molecular weight excluding hydrogens is 310 g/mol. The van der Waals surface area contributed by atoms with Crippen LogP contribution in [-0.4, -0.2) is 37.6 Å². The van der Waals surface area contributed by atoms with Crippen molar-refractivity contribution in [1.29, 1.82) is 0 Å². The number of ether oxygens (including phenoxy) is 2. The smallest absolute Gasteiger partial charge is 0.223 e. The Balaban J connectivity index is 2.23. The van der Waals surface area contributed by atoms with Crippen LogP contribution in [0.15, 0.2) is 30.3 Å². The van der Waals surface area contributed by atoms with Crippen LogP contribution in [0.25, 0.3) is 0 Å². The van der Waals surface area contributed by atoms with Crippen LogP contribution in [0.2, 0.25) is 0 Å². The van der Waals surface area contributed by atoms with E-state index in [4.69, 9.17) is 9.47 Å². The second kappa shape index (κ2) is 9.81. The van der Waals surface area contributed by atoms with Gasteiger partial charge in [-0.25, -0.2) is 0 Å². The predicted molar refractivity (Wildman–Crippen MR) is 78.8 cm³/mol. The zero-order chi connectivity index (χ0) is 13.9. The Labute approximate surface area is 122 Å². The molecule has 1 N–H and O–H groups in total. The number of hydrogen-bond donors (Lipinski definition) is 1. The minimum atomic E-state index is -0.0149. The number of methoxy groups -OCH3 is 1. The van der Waals surface area contributed by atoms with Crippen LogP contribution in [0.1, 0.15) is 12.8 Å². The number of amides is 1. The van der Waals surface area contributed by atoms with Gasteiger partial charge in [0.05, 0.1) is 25.7 Å². The molecule has 0 aromatic heterocycles. The van der Waals surface area contributed by atoms with Crippen molar-refractivity contribution in [2.75, 3.05) is 25.7 Å². The van der Waals surface area contributed by atoms with Crippen LogP contribution in [-0.2, 0) is 9.53 Å². The fourth-order valence-electron chi connectivity index (χ4n) is 1.61. The summed E-state index contributed by atoms with van der Waals surface area (Å²) in [4.78, 5) is 11.7. The van der Waals surface area contributed by atoms with Crippen molar-refractivity contribution in [2.24, 2.45) is 0 Å². The third-order valence-electron chi connectivity index (χ3n) is 2.53. The lowest BCUT2D eigenvalue weighted by Crippen LogP contribution is -2.38. The topological polar surface area (TPSA) is 47.6 Å². The Bertz CT molecular complexity index is 353. The van der Waals surface area contributed by atoms with Gasteiger partial charge < -0.3 is 14.8 Å². The number of rotatable bonds is 9. The SMILES string of the molecule is COCC(CCBr)NC(=O)CCOc1ccccc1. The lowest BCUT2D eigenvalue weighted by atomic mass is 10.2. The van der Waals surface area contributed by atoms with E-state index >= 15 is 0 Å². The summed E-state index contributed by atoms with van der Waals surface area (Å²) in [7, 11) is 1.63. The molecule has 1 amide bonds. The summed E-state index contributed by atoms with van der Waals surface area (Å²) in [5.74, 6) is 0.767. The molecule has 0 aliphatic rings. The first kappa shape index (κ1) is 16.0. The summed E-state index contributed by atoms with van der Waals surface area (Å²) in [6.07, 6.45) is 1.19. The van der Waals surface area contributed by atoms with E-state index in [1.807, 2.05) is 30.3 Å². The van der Waals surface area contributed by atoms with Crippen molar-refractivity contribution in [3.8, 4) is 5.75 Å². The third kappa shape index (κ3) is 7.18. The summed E-state index contributed by atoms with van der Waals surface area (Å²) < 4.78 is 10.5. The van der Waals surface area contributed by atoms with Gasteiger partial charge in [-0.3, -0.25) is 4.79 Å². The predicted octanol–water partition coefficient (Wildman–Crippen LogP) is 2.37. The van der Waals surface area contributed by atoms with Crippen molar-refractivity contribution in [2.45, 2.75) is 18.9 Å². The summed E-state index contributed by atoms with van der Waals surface area (Å²) in [5, 5.41) is 3.77. The number of alkyl halides is 1. The van der Waals surface area contributed by atoms with Crippen LogP contribution in [0, 0.1) is 0 Å². The first-order valence-electron chi connectivity index (χ1n) is 6.28. The Kier molecular flexibility index (Phi) is 8.25. The average Bonchev–Trinajstić information content (AvgIpc) is 2.40. The summed E-state index contributed by atoms with van der Waals surface area (Å²) in [6.45, 7) is 0.904. The maximum absolute atomic E-state index is 11.7. The molecule has 1 rings (SSSR count). The standard InChI is InChI=1S/C14H20BrNO3/c1-18-11-12(7-9-15)16-14(17)8-10-19-13-5-3-2-4-6-13/h2-6,12H,7-11H2,1H3,(H,16,17). The number of carbonyl (C=O) groups excluding carboxylic acids is 1. The normalized spacial score (nSPS) is 11.9. The minimum absolute atomic E-state index is 0.0149. The molecule has 0 aliphatic heterocycles. The van der Waals surface area contributed by atoms with Crippen LogP contribution >= 0.6 is 15.9 Å². The van der Waals surface area contributed by atoms with E-state index in [2.05, 4.69) is 21.2 Å². The molecule has 0 fully saturated rings. The highest BCUT2D eigenvalue weighted by molar-refractivity contribution is 9.09. The van der Waals surface area contributed by atoms with E-state index in [1.54, 1.807) is 7.11 Å². The van der Waals surface area contributed by atoms with Gasteiger partial charge in [0.15, 0.2) is 0 Å².